The molecule has 2 atom stereocenters. The molecule has 2 saturated heterocycles. The number of hydrogen-bond acceptors (Lipinski definition) is 5. The summed E-state index contributed by atoms with van der Waals surface area (Å²) in [6, 6.07) is 0.0576. The van der Waals surface area contributed by atoms with Crippen molar-refractivity contribution in [3.05, 3.63) is 0 Å². The predicted molar refractivity (Wildman–Crippen MR) is 127 cm³/mol. The second-order valence-electron chi connectivity index (χ2n) is 7.68. The van der Waals surface area contributed by atoms with Crippen LogP contribution in [0.2, 0.25) is 0 Å². The number of hydrogen-bond donors (Lipinski definition) is 2. The minimum absolute atomic E-state index is 0. The van der Waals surface area contributed by atoms with E-state index in [1.807, 2.05) is 14.1 Å². The van der Waals surface area contributed by atoms with Crippen LogP contribution >= 0.6 is 24.0 Å². The van der Waals surface area contributed by atoms with E-state index in [1.165, 1.54) is 0 Å². The van der Waals surface area contributed by atoms with Crippen LogP contribution in [0.1, 0.15) is 39.0 Å². The third kappa shape index (κ3) is 9.80. The van der Waals surface area contributed by atoms with Crippen molar-refractivity contribution in [2.45, 2.75) is 51.2 Å². The molecular weight excluding hydrogens is 485 g/mol. The number of ether oxygens (including phenoxy) is 2. The SMILES string of the molecule is CCNC(=NCCCOC1CCOC1)NCCCN1CCCC1C(=O)N(C)C.I. The fourth-order valence-electron chi connectivity index (χ4n) is 3.65. The second-order valence-corrected chi connectivity index (χ2v) is 7.68. The zero-order valence-corrected chi connectivity index (χ0v) is 20.7. The maximum atomic E-state index is 12.3. The fraction of sp³-hybridized carbons (Fsp3) is 0.900. The Hall–Kier alpha value is -0.650. The Balaban J connectivity index is 0.00000420. The number of carbonyl (C=O) groups is 1. The summed E-state index contributed by atoms with van der Waals surface area (Å²) in [7, 11) is 3.68. The third-order valence-electron chi connectivity index (χ3n) is 5.16. The molecule has 0 aromatic carbocycles. The van der Waals surface area contributed by atoms with Crippen LogP contribution in [-0.2, 0) is 14.3 Å². The second kappa shape index (κ2) is 15.2. The van der Waals surface area contributed by atoms with Gasteiger partial charge in [-0.1, -0.05) is 0 Å². The smallest absolute Gasteiger partial charge is 0.239 e. The lowest BCUT2D eigenvalue weighted by molar-refractivity contribution is -0.133. The van der Waals surface area contributed by atoms with Gasteiger partial charge < -0.3 is 25.0 Å². The highest BCUT2D eigenvalue weighted by Gasteiger charge is 2.30. The molecule has 0 aromatic heterocycles. The number of carbonyl (C=O) groups excluding carboxylic acids is 1. The lowest BCUT2D eigenvalue weighted by Gasteiger charge is -2.26. The summed E-state index contributed by atoms with van der Waals surface area (Å²) in [5.41, 5.74) is 0. The molecule has 170 valence electrons. The zero-order chi connectivity index (χ0) is 20.2. The van der Waals surface area contributed by atoms with Crippen molar-refractivity contribution in [2.24, 2.45) is 4.99 Å². The van der Waals surface area contributed by atoms with Crippen molar-refractivity contribution in [2.75, 3.05) is 66.6 Å². The topological polar surface area (TPSA) is 78.4 Å². The van der Waals surface area contributed by atoms with E-state index in [9.17, 15) is 4.79 Å². The number of aliphatic imine (C=N–C) groups is 1. The van der Waals surface area contributed by atoms with Gasteiger partial charge in [-0.25, -0.2) is 0 Å². The minimum Gasteiger partial charge on any atom is -0.379 e. The summed E-state index contributed by atoms with van der Waals surface area (Å²) in [6.45, 7) is 8.74. The van der Waals surface area contributed by atoms with E-state index < -0.39 is 0 Å². The number of rotatable bonds is 11. The number of halogens is 1. The van der Waals surface area contributed by atoms with E-state index in [1.54, 1.807) is 4.90 Å². The summed E-state index contributed by atoms with van der Waals surface area (Å²) in [5.74, 6) is 1.08. The van der Waals surface area contributed by atoms with Crippen molar-refractivity contribution < 1.29 is 14.3 Å². The minimum atomic E-state index is 0. The van der Waals surface area contributed by atoms with Crippen LogP contribution in [0.4, 0.5) is 0 Å². The van der Waals surface area contributed by atoms with Crippen LogP contribution in [0.15, 0.2) is 4.99 Å². The average molecular weight is 525 g/mol. The fourth-order valence-corrected chi connectivity index (χ4v) is 3.65. The van der Waals surface area contributed by atoms with Gasteiger partial charge in [0, 0.05) is 53.5 Å². The van der Waals surface area contributed by atoms with Gasteiger partial charge in [0.05, 0.1) is 18.8 Å². The van der Waals surface area contributed by atoms with Crippen LogP contribution in [0.5, 0.6) is 0 Å². The van der Waals surface area contributed by atoms with Crippen LogP contribution < -0.4 is 10.6 Å². The van der Waals surface area contributed by atoms with Crippen LogP contribution in [0.3, 0.4) is 0 Å². The molecule has 9 heteroatoms. The zero-order valence-electron chi connectivity index (χ0n) is 18.3. The molecule has 29 heavy (non-hydrogen) atoms. The monoisotopic (exact) mass is 525 g/mol. The van der Waals surface area contributed by atoms with E-state index in [2.05, 4.69) is 27.4 Å². The molecule has 0 aliphatic carbocycles. The van der Waals surface area contributed by atoms with Gasteiger partial charge in [-0.15, -0.1) is 24.0 Å². The molecule has 2 heterocycles. The first kappa shape index (κ1) is 26.4. The van der Waals surface area contributed by atoms with Gasteiger partial charge in [-0.3, -0.25) is 14.7 Å². The van der Waals surface area contributed by atoms with Gasteiger partial charge in [0.2, 0.25) is 5.91 Å². The number of amides is 1. The Morgan fingerprint density at radius 2 is 2.10 bits per heavy atom. The Labute approximate surface area is 193 Å². The summed E-state index contributed by atoms with van der Waals surface area (Å²) < 4.78 is 11.1. The number of likely N-dealkylation sites (tertiary alicyclic amines) is 1. The molecule has 2 aliphatic heterocycles. The highest BCUT2D eigenvalue weighted by molar-refractivity contribution is 14.0. The summed E-state index contributed by atoms with van der Waals surface area (Å²) in [5, 5.41) is 6.69. The molecule has 2 N–H and O–H groups in total. The molecule has 0 radical (unpaired) electrons. The quantitative estimate of drug-likeness (QED) is 0.183. The molecule has 2 fully saturated rings. The maximum Gasteiger partial charge on any atom is 0.239 e. The maximum absolute atomic E-state index is 12.3. The van der Waals surface area contributed by atoms with Gasteiger partial charge in [-0.05, 0) is 45.6 Å². The summed E-state index contributed by atoms with van der Waals surface area (Å²) >= 11 is 0. The normalized spacial score (nSPS) is 22.4. The third-order valence-corrected chi connectivity index (χ3v) is 5.16. The highest BCUT2D eigenvalue weighted by atomic mass is 127. The lowest BCUT2D eigenvalue weighted by Crippen LogP contribution is -2.44. The molecular formula is C20H40IN5O3. The molecule has 0 saturated carbocycles. The molecule has 8 nitrogen and oxygen atoms in total. The largest absolute Gasteiger partial charge is 0.379 e. The summed E-state index contributed by atoms with van der Waals surface area (Å²) in [6.07, 6.45) is 5.26. The first-order chi connectivity index (χ1) is 13.6. The number of nitrogens with one attached hydrogen (secondary N) is 2. The van der Waals surface area contributed by atoms with Crippen LogP contribution in [0, 0.1) is 0 Å². The first-order valence-electron chi connectivity index (χ1n) is 10.8. The lowest BCUT2D eigenvalue weighted by atomic mass is 10.2. The van der Waals surface area contributed by atoms with Crippen molar-refractivity contribution in [1.29, 1.82) is 0 Å². The van der Waals surface area contributed by atoms with Gasteiger partial charge in [0.25, 0.3) is 0 Å². The predicted octanol–water partition coefficient (Wildman–Crippen LogP) is 1.30. The van der Waals surface area contributed by atoms with Crippen molar-refractivity contribution in [3.8, 4) is 0 Å². The molecule has 2 aliphatic rings. The van der Waals surface area contributed by atoms with E-state index in [4.69, 9.17) is 9.47 Å². The van der Waals surface area contributed by atoms with Crippen molar-refractivity contribution >= 4 is 35.8 Å². The highest BCUT2D eigenvalue weighted by Crippen LogP contribution is 2.18. The molecule has 0 bridgehead atoms. The van der Waals surface area contributed by atoms with E-state index in [-0.39, 0.29) is 42.0 Å². The number of likely N-dealkylation sites (N-methyl/N-ethyl adjacent to an activating group) is 1. The van der Waals surface area contributed by atoms with Gasteiger partial charge in [0.1, 0.15) is 0 Å². The number of guanidine groups is 1. The Bertz CT molecular complexity index is 487. The van der Waals surface area contributed by atoms with Crippen LogP contribution in [-0.4, -0.2) is 100 Å². The average Bonchev–Trinajstić information content (AvgIpc) is 3.35. The molecule has 2 rings (SSSR count). The Morgan fingerprint density at radius 1 is 1.28 bits per heavy atom. The first-order valence-corrected chi connectivity index (χ1v) is 10.8. The van der Waals surface area contributed by atoms with Crippen LogP contribution in [0.25, 0.3) is 0 Å². The van der Waals surface area contributed by atoms with E-state index in [0.717, 1.165) is 90.6 Å². The Kier molecular flexibility index (Phi) is 13.8. The standard InChI is InChI=1S/C20H39N5O3.HI/c1-4-21-20(23-11-7-14-28-17-9-15-27-16-17)22-10-6-13-25-12-5-8-18(25)19(26)24(2)3;/h17-18H,4-16H2,1-3H3,(H2,21,22,23);1H. The molecule has 0 spiro atoms. The van der Waals surface area contributed by atoms with E-state index in [0.29, 0.717) is 0 Å². The van der Waals surface area contributed by atoms with Gasteiger partial charge in [0.15, 0.2) is 5.96 Å². The molecule has 2 unspecified atom stereocenters. The molecule has 1 amide bonds. The van der Waals surface area contributed by atoms with Gasteiger partial charge >= 0.3 is 0 Å². The summed E-state index contributed by atoms with van der Waals surface area (Å²) in [4.78, 5) is 20.9. The van der Waals surface area contributed by atoms with Crippen molar-refractivity contribution in [3.63, 3.8) is 0 Å². The molecule has 0 aromatic rings. The van der Waals surface area contributed by atoms with Crippen molar-refractivity contribution in [1.82, 2.24) is 20.4 Å². The van der Waals surface area contributed by atoms with E-state index >= 15 is 0 Å². The van der Waals surface area contributed by atoms with Gasteiger partial charge in [-0.2, -0.15) is 0 Å². The number of nitrogens with zero attached hydrogens (tertiary/aromatic N) is 3. The Morgan fingerprint density at radius 3 is 2.79 bits per heavy atom.